The number of halogens is 4. The lowest BCUT2D eigenvalue weighted by atomic mass is 9.90. The molecule has 5 heterocycles. The number of aryl methyl sites for hydroxylation is 1. The summed E-state index contributed by atoms with van der Waals surface area (Å²) in [6.07, 6.45) is -2.06. The van der Waals surface area contributed by atoms with E-state index in [9.17, 15) is 17.6 Å². The molecule has 3 aliphatic heterocycles. The predicted octanol–water partition coefficient (Wildman–Crippen LogP) is 4.50. The lowest BCUT2D eigenvalue weighted by Crippen LogP contribution is -2.50. The van der Waals surface area contributed by atoms with Gasteiger partial charge in [0.2, 0.25) is 0 Å². The summed E-state index contributed by atoms with van der Waals surface area (Å²) in [7, 11) is 0. The van der Waals surface area contributed by atoms with Crippen LogP contribution < -0.4 is 15.0 Å². The fourth-order valence-corrected chi connectivity index (χ4v) is 6.98. The normalized spacial score (nSPS) is 25.7. The third-order valence-electron chi connectivity index (χ3n) is 9.35. The van der Waals surface area contributed by atoms with Crippen molar-refractivity contribution in [2.24, 2.45) is 5.41 Å². The van der Waals surface area contributed by atoms with Gasteiger partial charge in [-0.15, -0.1) is 0 Å². The molecule has 1 aromatic carbocycles. The SMILES string of the molecule is Cc1cc2[nH]ncc2c(C2Cc3nc(OCC4(CN5CC[C@@H](F)C5)CC4)nc(N4CCN[C@H](C)C4)c3CO2)c1C(F)(F)F. The number of piperazine rings is 1. The number of rotatable bonds is 7. The summed E-state index contributed by atoms with van der Waals surface area (Å²) >= 11 is 0. The molecule has 3 fully saturated rings. The van der Waals surface area contributed by atoms with Gasteiger partial charge in [-0.25, -0.2) is 4.39 Å². The number of alkyl halides is 4. The fourth-order valence-electron chi connectivity index (χ4n) is 6.98. The van der Waals surface area contributed by atoms with E-state index in [1.54, 1.807) is 0 Å². The number of hydrogen-bond acceptors (Lipinski definition) is 8. The molecule has 1 unspecified atom stereocenters. The number of aromatic amines is 1. The van der Waals surface area contributed by atoms with Crippen molar-refractivity contribution in [1.29, 1.82) is 0 Å². The minimum Gasteiger partial charge on any atom is -0.463 e. The average molecular weight is 604 g/mol. The quantitative estimate of drug-likeness (QED) is 0.382. The van der Waals surface area contributed by atoms with Crippen molar-refractivity contribution in [3.63, 3.8) is 0 Å². The van der Waals surface area contributed by atoms with Gasteiger partial charge in [-0.2, -0.15) is 28.2 Å². The van der Waals surface area contributed by atoms with Crippen molar-refractivity contribution in [3.8, 4) is 6.01 Å². The second-order valence-electron chi connectivity index (χ2n) is 12.8. The summed E-state index contributed by atoms with van der Waals surface area (Å²) in [5, 5.41) is 10.7. The van der Waals surface area contributed by atoms with Gasteiger partial charge in [0.15, 0.2) is 0 Å². The monoisotopic (exact) mass is 603 g/mol. The van der Waals surface area contributed by atoms with Gasteiger partial charge in [0, 0.05) is 73.7 Å². The molecule has 2 saturated heterocycles. The topological polar surface area (TPSA) is 91.4 Å². The van der Waals surface area contributed by atoms with Gasteiger partial charge in [0.05, 0.1) is 42.3 Å². The Kier molecular flexibility index (Phi) is 7.25. The van der Waals surface area contributed by atoms with E-state index in [4.69, 9.17) is 19.4 Å². The Labute approximate surface area is 247 Å². The molecule has 43 heavy (non-hydrogen) atoms. The number of anilines is 1. The van der Waals surface area contributed by atoms with Crippen LogP contribution >= 0.6 is 0 Å². The maximum absolute atomic E-state index is 14.4. The Morgan fingerprint density at radius 2 is 2.02 bits per heavy atom. The summed E-state index contributed by atoms with van der Waals surface area (Å²) in [4.78, 5) is 14.0. The fraction of sp³-hybridized carbons (Fsp3) is 0.633. The molecule has 1 saturated carbocycles. The maximum atomic E-state index is 14.4. The Balaban J connectivity index is 1.21. The van der Waals surface area contributed by atoms with E-state index < -0.39 is 24.0 Å². The number of nitrogens with zero attached hydrogens (tertiary/aromatic N) is 5. The first-order chi connectivity index (χ1) is 20.6. The highest BCUT2D eigenvalue weighted by atomic mass is 19.4. The molecule has 9 nitrogen and oxygen atoms in total. The zero-order valence-electron chi connectivity index (χ0n) is 24.4. The van der Waals surface area contributed by atoms with E-state index in [2.05, 4.69) is 32.2 Å². The van der Waals surface area contributed by atoms with Gasteiger partial charge in [-0.05, 0) is 44.7 Å². The first kappa shape index (κ1) is 28.7. The van der Waals surface area contributed by atoms with Crippen LogP contribution in [0.1, 0.15) is 60.2 Å². The molecule has 0 spiro atoms. The number of aromatic nitrogens is 4. The van der Waals surface area contributed by atoms with Crippen LogP contribution in [0.15, 0.2) is 12.3 Å². The van der Waals surface area contributed by atoms with E-state index in [-0.39, 0.29) is 41.6 Å². The summed E-state index contributed by atoms with van der Waals surface area (Å²) in [5.41, 5.74) is 1.41. The largest absolute Gasteiger partial charge is 0.463 e. The van der Waals surface area contributed by atoms with Crippen LogP contribution in [0.5, 0.6) is 6.01 Å². The van der Waals surface area contributed by atoms with Crippen molar-refractivity contribution in [3.05, 3.63) is 40.2 Å². The Bertz CT molecular complexity index is 1510. The van der Waals surface area contributed by atoms with Gasteiger partial charge < -0.3 is 19.7 Å². The van der Waals surface area contributed by atoms with E-state index in [0.29, 0.717) is 42.0 Å². The van der Waals surface area contributed by atoms with E-state index >= 15 is 0 Å². The van der Waals surface area contributed by atoms with Crippen molar-refractivity contribution < 1.29 is 27.0 Å². The molecular weight excluding hydrogens is 566 g/mol. The highest BCUT2D eigenvalue weighted by molar-refractivity contribution is 5.85. The minimum atomic E-state index is -4.56. The number of likely N-dealkylation sites (tertiary alicyclic amines) is 1. The average Bonchev–Trinajstić information content (AvgIpc) is 3.34. The molecule has 4 aliphatic rings. The van der Waals surface area contributed by atoms with E-state index in [1.807, 2.05) is 0 Å². The van der Waals surface area contributed by atoms with Crippen molar-refractivity contribution in [2.75, 3.05) is 50.8 Å². The number of H-pyrrole nitrogens is 1. The highest BCUT2D eigenvalue weighted by Crippen LogP contribution is 2.48. The van der Waals surface area contributed by atoms with Crippen LogP contribution in [0, 0.1) is 12.3 Å². The van der Waals surface area contributed by atoms with Crippen LogP contribution in [-0.4, -0.2) is 83.2 Å². The van der Waals surface area contributed by atoms with Crippen molar-refractivity contribution >= 4 is 16.7 Å². The van der Waals surface area contributed by atoms with E-state index in [0.717, 1.165) is 51.1 Å². The molecular formula is C30H37F4N7O2. The third-order valence-corrected chi connectivity index (χ3v) is 9.35. The highest BCUT2D eigenvalue weighted by Gasteiger charge is 2.46. The maximum Gasteiger partial charge on any atom is 0.417 e. The molecule has 0 radical (unpaired) electrons. The molecule has 13 heteroatoms. The lowest BCUT2D eigenvalue weighted by molar-refractivity contribution is -0.140. The van der Waals surface area contributed by atoms with Gasteiger partial charge in [0.25, 0.3) is 0 Å². The molecule has 7 rings (SSSR count). The van der Waals surface area contributed by atoms with Crippen LogP contribution in [0.2, 0.25) is 0 Å². The van der Waals surface area contributed by atoms with Gasteiger partial charge in [-0.1, -0.05) is 0 Å². The Morgan fingerprint density at radius 3 is 2.74 bits per heavy atom. The number of fused-ring (bicyclic) bond motifs is 2. The Morgan fingerprint density at radius 1 is 1.19 bits per heavy atom. The first-order valence-electron chi connectivity index (χ1n) is 15.1. The molecule has 0 amide bonds. The lowest BCUT2D eigenvalue weighted by Gasteiger charge is -2.36. The third kappa shape index (κ3) is 5.66. The molecule has 0 bridgehead atoms. The van der Waals surface area contributed by atoms with Crippen molar-refractivity contribution in [1.82, 2.24) is 30.4 Å². The van der Waals surface area contributed by atoms with Gasteiger partial charge in [0.1, 0.15) is 12.0 Å². The molecule has 2 aromatic heterocycles. The summed E-state index contributed by atoms with van der Waals surface area (Å²) in [6.45, 7) is 8.31. The standard InChI is InChI=1S/C30H37F4N7O2/c1-17-9-23-20(11-36-39-23)25(26(17)30(32,33)34)24-10-22-21(14-42-24)27(41-8-6-35-18(2)12-41)38-28(37-22)43-16-29(4-5-29)15-40-7-3-19(31)13-40/h9,11,18-19,24,35H,3-8,10,12-16H2,1-2H3,(H,36,39)/t18-,19-,24?/m1/s1. The molecule has 2 N–H and O–H groups in total. The first-order valence-corrected chi connectivity index (χ1v) is 15.1. The summed E-state index contributed by atoms with van der Waals surface area (Å²) < 4.78 is 69.5. The van der Waals surface area contributed by atoms with Crippen LogP contribution in [-0.2, 0) is 23.9 Å². The van der Waals surface area contributed by atoms with E-state index in [1.165, 1.54) is 19.2 Å². The number of benzene rings is 1. The van der Waals surface area contributed by atoms with Crippen molar-refractivity contribution in [2.45, 2.75) is 70.6 Å². The molecule has 3 aromatic rings. The van der Waals surface area contributed by atoms with Crippen LogP contribution in [0.25, 0.3) is 10.9 Å². The van der Waals surface area contributed by atoms with Gasteiger partial charge in [-0.3, -0.25) is 10.00 Å². The smallest absolute Gasteiger partial charge is 0.417 e. The zero-order chi connectivity index (χ0) is 29.9. The number of hydrogen-bond donors (Lipinski definition) is 2. The molecule has 1 aliphatic carbocycles. The van der Waals surface area contributed by atoms with Crippen LogP contribution in [0.4, 0.5) is 23.4 Å². The van der Waals surface area contributed by atoms with Crippen LogP contribution in [0.3, 0.4) is 0 Å². The minimum absolute atomic E-state index is 0.0469. The number of nitrogens with one attached hydrogen (secondary N) is 2. The molecule has 3 atom stereocenters. The Hall–Kier alpha value is -3.03. The number of ether oxygens (including phenoxy) is 2. The second kappa shape index (κ2) is 10.8. The summed E-state index contributed by atoms with van der Waals surface area (Å²) in [5.74, 6) is 0.713. The van der Waals surface area contributed by atoms with Gasteiger partial charge >= 0.3 is 12.2 Å². The molecule has 232 valence electrons. The second-order valence-corrected chi connectivity index (χ2v) is 12.8. The zero-order valence-corrected chi connectivity index (χ0v) is 24.4. The summed E-state index contributed by atoms with van der Waals surface area (Å²) in [6, 6.07) is 1.95. The predicted molar refractivity (Wildman–Crippen MR) is 152 cm³/mol.